The van der Waals surface area contributed by atoms with Crippen LogP contribution < -0.4 is 0 Å². The Bertz CT molecular complexity index is 275. The van der Waals surface area contributed by atoms with Crippen molar-refractivity contribution >= 4 is 12.4 Å². The van der Waals surface area contributed by atoms with Crippen molar-refractivity contribution in [1.82, 2.24) is 0 Å². The van der Waals surface area contributed by atoms with Crippen LogP contribution in [0.2, 0.25) is 0 Å². The normalized spacial score (nSPS) is 17.7. The van der Waals surface area contributed by atoms with Gasteiger partial charge in [0.2, 0.25) is 5.60 Å². The van der Waals surface area contributed by atoms with Gasteiger partial charge in [-0.15, -0.1) is 0 Å². The molecular formula is C14H26O4. The Balaban J connectivity index is 4.71. The molecule has 0 amide bonds. The summed E-state index contributed by atoms with van der Waals surface area (Å²) in [6.07, 6.45) is 1.21. The summed E-state index contributed by atoms with van der Waals surface area (Å²) < 4.78 is 10.4. The van der Waals surface area contributed by atoms with Crippen molar-refractivity contribution in [2.75, 3.05) is 0 Å². The molecule has 0 aliphatic carbocycles. The topological polar surface area (TPSA) is 52.6 Å². The van der Waals surface area contributed by atoms with E-state index in [0.717, 1.165) is 6.42 Å². The Morgan fingerprint density at radius 2 is 1.83 bits per heavy atom. The van der Waals surface area contributed by atoms with Crippen LogP contribution in [0.15, 0.2) is 0 Å². The van der Waals surface area contributed by atoms with Crippen molar-refractivity contribution in [3.63, 3.8) is 0 Å². The molecule has 0 radical (unpaired) electrons. The molecule has 0 aliphatic rings. The maximum Gasteiger partial charge on any atom is 0.350 e. The number of carbonyl (C=O) groups is 2. The summed E-state index contributed by atoms with van der Waals surface area (Å²) in [4.78, 5) is 22.7. The van der Waals surface area contributed by atoms with Gasteiger partial charge in [0.1, 0.15) is 6.10 Å². The van der Waals surface area contributed by atoms with Crippen molar-refractivity contribution in [2.45, 2.75) is 66.1 Å². The van der Waals surface area contributed by atoms with E-state index in [9.17, 15) is 9.59 Å². The molecule has 3 unspecified atom stereocenters. The summed E-state index contributed by atoms with van der Waals surface area (Å²) >= 11 is 0. The van der Waals surface area contributed by atoms with Gasteiger partial charge in [0.25, 0.3) is 6.47 Å². The van der Waals surface area contributed by atoms with Crippen LogP contribution in [0.1, 0.15) is 54.4 Å². The highest BCUT2D eigenvalue weighted by atomic mass is 16.6. The lowest BCUT2D eigenvalue weighted by Gasteiger charge is -2.29. The lowest BCUT2D eigenvalue weighted by Crippen LogP contribution is -2.43. The number of rotatable bonds is 8. The van der Waals surface area contributed by atoms with Crippen molar-refractivity contribution < 1.29 is 19.1 Å². The lowest BCUT2D eigenvalue weighted by atomic mass is 9.94. The molecule has 0 spiro atoms. The molecule has 0 aromatic rings. The molecule has 0 saturated heterocycles. The molecule has 0 aromatic carbocycles. The molecule has 106 valence electrons. The second-order valence-corrected chi connectivity index (χ2v) is 5.54. The van der Waals surface area contributed by atoms with E-state index in [-0.39, 0.29) is 17.9 Å². The summed E-state index contributed by atoms with van der Waals surface area (Å²) in [7, 11) is 0. The van der Waals surface area contributed by atoms with Crippen molar-refractivity contribution in [1.29, 1.82) is 0 Å². The van der Waals surface area contributed by atoms with Crippen molar-refractivity contribution in [3.05, 3.63) is 0 Å². The second kappa shape index (κ2) is 7.39. The molecule has 4 nitrogen and oxygen atoms in total. The zero-order valence-electron chi connectivity index (χ0n) is 12.4. The average molecular weight is 258 g/mol. The van der Waals surface area contributed by atoms with Gasteiger partial charge in [0, 0.05) is 6.42 Å². The number of esters is 1. The van der Waals surface area contributed by atoms with Crippen molar-refractivity contribution in [2.24, 2.45) is 11.8 Å². The van der Waals surface area contributed by atoms with Gasteiger partial charge in [-0.1, -0.05) is 34.1 Å². The van der Waals surface area contributed by atoms with Gasteiger partial charge < -0.3 is 9.47 Å². The van der Waals surface area contributed by atoms with Crippen LogP contribution in [0, 0.1) is 11.8 Å². The molecule has 18 heavy (non-hydrogen) atoms. The molecule has 0 bridgehead atoms. The Morgan fingerprint density at radius 3 is 2.22 bits per heavy atom. The van der Waals surface area contributed by atoms with E-state index in [4.69, 9.17) is 9.47 Å². The minimum atomic E-state index is -1.18. The maximum absolute atomic E-state index is 12.1. The van der Waals surface area contributed by atoms with Gasteiger partial charge in [-0.05, 0) is 25.7 Å². The minimum Gasteiger partial charge on any atom is -0.459 e. The first-order chi connectivity index (χ1) is 8.26. The molecule has 0 N–H and O–H groups in total. The number of hydrogen-bond donors (Lipinski definition) is 0. The molecule has 4 heteroatoms. The zero-order chi connectivity index (χ0) is 14.3. The summed E-state index contributed by atoms with van der Waals surface area (Å²) in [5.74, 6) is 0.0611. The summed E-state index contributed by atoms with van der Waals surface area (Å²) in [6.45, 7) is 11.8. The first-order valence-corrected chi connectivity index (χ1v) is 6.59. The van der Waals surface area contributed by atoms with E-state index in [1.165, 1.54) is 0 Å². The highest BCUT2D eigenvalue weighted by molar-refractivity contribution is 5.80. The fourth-order valence-corrected chi connectivity index (χ4v) is 1.81. The van der Waals surface area contributed by atoms with Crippen LogP contribution in [-0.2, 0) is 19.1 Å². The highest BCUT2D eigenvalue weighted by Gasteiger charge is 2.39. The fraction of sp³-hybridized carbons (Fsp3) is 0.857. The predicted octanol–water partition coefficient (Wildman–Crippen LogP) is 2.94. The van der Waals surface area contributed by atoms with E-state index in [1.807, 2.05) is 34.6 Å². The van der Waals surface area contributed by atoms with Gasteiger partial charge in [0.15, 0.2) is 0 Å². The maximum atomic E-state index is 12.1. The molecule has 0 aliphatic heterocycles. The molecule has 0 saturated carbocycles. The van der Waals surface area contributed by atoms with E-state index >= 15 is 0 Å². The van der Waals surface area contributed by atoms with Gasteiger partial charge in [0.05, 0.1) is 0 Å². The van der Waals surface area contributed by atoms with E-state index in [2.05, 4.69) is 0 Å². The second-order valence-electron chi connectivity index (χ2n) is 5.54. The third-order valence-corrected chi connectivity index (χ3v) is 3.28. The highest BCUT2D eigenvalue weighted by Crippen LogP contribution is 2.24. The molecule has 3 atom stereocenters. The van der Waals surface area contributed by atoms with Crippen LogP contribution in [0.4, 0.5) is 0 Å². The van der Waals surface area contributed by atoms with Gasteiger partial charge in [-0.3, -0.25) is 4.79 Å². The molecular weight excluding hydrogens is 232 g/mol. The van der Waals surface area contributed by atoms with Crippen LogP contribution in [-0.4, -0.2) is 24.1 Å². The predicted molar refractivity (Wildman–Crippen MR) is 70.0 cm³/mol. The quantitative estimate of drug-likeness (QED) is 0.496. The minimum absolute atomic E-state index is 0.177. The number of hydrogen-bond acceptors (Lipinski definition) is 4. The van der Waals surface area contributed by atoms with Gasteiger partial charge in [-0.25, -0.2) is 4.79 Å². The Hall–Kier alpha value is -1.06. The molecule has 0 fully saturated rings. The SMILES string of the molecule is CCC(C)C(C)OC(=O)C(C)(CC(C)C)OC=O. The summed E-state index contributed by atoms with van der Waals surface area (Å²) in [6, 6.07) is 0. The first kappa shape index (κ1) is 16.9. The summed E-state index contributed by atoms with van der Waals surface area (Å²) in [5, 5.41) is 0. The molecule has 0 rings (SSSR count). The third-order valence-electron chi connectivity index (χ3n) is 3.28. The average Bonchev–Trinajstić information content (AvgIpc) is 2.26. The standard InChI is InChI=1S/C14H26O4/c1-7-11(4)12(5)18-13(16)14(6,17-9-15)8-10(2)3/h9-12H,7-8H2,1-6H3. The third kappa shape index (κ3) is 5.07. The largest absolute Gasteiger partial charge is 0.459 e. The number of carbonyl (C=O) groups excluding carboxylic acids is 2. The van der Waals surface area contributed by atoms with E-state index in [1.54, 1.807) is 6.92 Å². The van der Waals surface area contributed by atoms with E-state index < -0.39 is 11.6 Å². The Labute approximate surface area is 110 Å². The lowest BCUT2D eigenvalue weighted by molar-refractivity contribution is -0.181. The van der Waals surface area contributed by atoms with Gasteiger partial charge in [-0.2, -0.15) is 0 Å². The fourth-order valence-electron chi connectivity index (χ4n) is 1.81. The zero-order valence-corrected chi connectivity index (χ0v) is 12.4. The number of ether oxygens (including phenoxy) is 2. The van der Waals surface area contributed by atoms with E-state index in [0.29, 0.717) is 12.9 Å². The first-order valence-electron chi connectivity index (χ1n) is 6.59. The summed E-state index contributed by atoms with van der Waals surface area (Å²) in [5.41, 5.74) is -1.18. The smallest absolute Gasteiger partial charge is 0.350 e. The van der Waals surface area contributed by atoms with Crippen molar-refractivity contribution in [3.8, 4) is 0 Å². The Kier molecular flexibility index (Phi) is 6.96. The van der Waals surface area contributed by atoms with Gasteiger partial charge >= 0.3 is 5.97 Å². The Morgan fingerprint density at radius 1 is 1.28 bits per heavy atom. The monoisotopic (exact) mass is 258 g/mol. The van der Waals surface area contributed by atoms with Crippen LogP contribution in [0.3, 0.4) is 0 Å². The van der Waals surface area contributed by atoms with Crippen LogP contribution >= 0.6 is 0 Å². The van der Waals surface area contributed by atoms with Crippen LogP contribution in [0.25, 0.3) is 0 Å². The molecule has 0 heterocycles. The van der Waals surface area contributed by atoms with Crippen LogP contribution in [0.5, 0.6) is 0 Å². The molecule has 0 aromatic heterocycles.